The van der Waals surface area contributed by atoms with Crippen LogP contribution in [-0.4, -0.2) is 32.8 Å². The van der Waals surface area contributed by atoms with Crippen LogP contribution in [0.2, 0.25) is 5.02 Å². The second-order valence-corrected chi connectivity index (χ2v) is 6.62. The lowest BCUT2D eigenvalue weighted by Crippen LogP contribution is -2.25. The van der Waals surface area contributed by atoms with Gasteiger partial charge in [0.05, 0.1) is 23.0 Å². The molecule has 3 rings (SSSR count). The minimum absolute atomic E-state index is 0.0000328. The molecule has 0 unspecified atom stereocenters. The van der Waals surface area contributed by atoms with Gasteiger partial charge < -0.3 is 10.6 Å². The zero-order chi connectivity index (χ0) is 23.5. The van der Waals surface area contributed by atoms with Crippen LogP contribution in [-0.2, 0) is 12.4 Å². The molecule has 3 aromatic rings. The van der Waals surface area contributed by atoms with Gasteiger partial charge in [-0.1, -0.05) is 11.6 Å². The summed E-state index contributed by atoms with van der Waals surface area (Å²) in [6, 6.07) is 3.77. The second-order valence-electron chi connectivity index (χ2n) is 6.24. The molecule has 0 amide bonds. The van der Waals surface area contributed by atoms with Crippen molar-refractivity contribution in [3.05, 3.63) is 69.4 Å². The molecule has 0 aliphatic rings. The molecule has 3 heterocycles. The summed E-state index contributed by atoms with van der Waals surface area (Å²) in [5, 5.41) is 8.77. The number of halogens is 7. The van der Waals surface area contributed by atoms with Crippen LogP contribution < -0.4 is 16.2 Å². The normalized spacial score (nSPS) is 12.0. The van der Waals surface area contributed by atoms with Gasteiger partial charge in [0.2, 0.25) is 0 Å². The smallest absolute Gasteiger partial charge is 0.381 e. The number of nitrogens with one attached hydrogen (secondary N) is 2. The molecule has 0 saturated heterocycles. The van der Waals surface area contributed by atoms with E-state index in [0.717, 1.165) is 35.1 Å². The predicted molar refractivity (Wildman–Crippen MR) is 104 cm³/mol. The van der Waals surface area contributed by atoms with Crippen LogP contribution >= 0.6 is 11.6 Å². The van der Waals surface area contributed by atoms with Crippen molar-refractivity contribution in [2.45, 2.75) is 12.4 Å². The van der Waals surface area contributed by atoms with Crippen molar-refractivity contribution in [1.29, 1.82) is 0 Å². The summed E-state index contributed by atoms with van der Waals surface area (Å²) >= 11 is 6.01. The molecule has 0 aromatic carbocycles. The molecule has 0 atom stereocenters. The fourth-order valence-corrected chi connectivity index (χ4v) is 2.75. The fraction of sp³-hybridized carbons (Fsp3) is 0.222. The number of anilines is 2. The van der Waals surface area contributed by atoms with Crippen molar-refractivity contribution in [1.82, 2.24) is 19.7 Å². The third-order valence-electron chi connectivity index (χ3n) is 4.06. The summed E-state index contributed by atoms with van der Waals surface area (Å²) in [6.07, 6.45) is -6.25. The average Bonchev–Trinajstić information content (AvgIpc) is 2.73. The first-order valence-corrected chi connectivity index (χ1v) is 9.17. The maximum atomic E-state index is 13.0. The standard InChI is InChI=1S/C18H13ClF6N6O/c19-14-12(26-6-7-28-15-11(18(23,24)25)2-1-5-27-15)9-30-31(16(14)32)13-4-3-10(8-29-13)17(20,21)22/h1-5,8-9,26H,6-7H2,(H,27,28). The second kappa shape index (κ2) is 9.02. The van der Waals surface area contributed by atoms with Gasteiger partial charge in [0, 0.05) is 25.5 Å². The quantitative estimate of drug-likeness (QED) is 0.407. The molecule has 14 heteroatoms. The van der Waals surface area contributed by atoms with E-state index in [9.17, 15) is 31.1 Å². The number of hydrogen-bond acceptors (Lipinski definition) is 6. The molecule has 32 heavy (non-hydrogen) atoms. The highest BCUT2D eigenvalue weighted by atomic mass is 35.5. The van der Waals surface area contributed by atoms with Gasteiger partial charge in [0.25, 0.3) is 5.56 Å². The molecule has 0 saturated carbocycles. The Bertz CT molecular complexity index is 1150. The Morgan fingerprint density at radius 1 is 0.938 bits per heavy atom. The van der Waals surface area contributed by atoms with E-state index in [1.807, 2.05) is 0 Å². The molecule has 0 fully saturated rings. The lowest BCUT2D eigenvalue weighted by Gasteiger charge is -2.14. The molecule has 0 aliphatic carbocycles. The summed E-state index contributed by atoms with van der Waals surface area (Å²) in [5.41, 5.74) is -2.68. The lowest BCUT2D eigenvalue weighted by molar-refractivity contribution is -0.138. The van der Waals surface area contributed by atoms with Crippen LogP contribution in [0.3, 0.4) is 0 Å². The number of nitrogens with zero attached hydrogens (tertiary/aromatic N) is 4. The van der Waals surface area contributed by atoms with Gasteiger partial charge in [-0.2, -0.15) is 36.1 Å². The molecular formula is C18H13ClF6N6O. The number of rotatable bonds is 6. The first kappa shape index (κ1) is 23.3. The van der Waals surface area contributed by atoms with E-state index in [0.29, 0.717) is 6.20 Å². The molecule has 0 aliphatic heterocycles. The third kappa shape index (κ3) is 5.28. The average molecular weight is 479 g/mol. The maximum Gasteiger partial charge on any atom is 0.419 e. The topological polar surface area (TPSA) is 84.7 Å². The number of alkyl halides is 6. The Morgan fingerprint density at radius 2 is 1.66 bits per heavy atom. The largest absolute Gasteiger partial charge is 0.419 e. The van der Waals surface area contributed by atoms with Crippen LogP contribution in [0.5, 0.6) is 0 Å². The van der Waals surface area contributed by atoms with Gasteiger partial charge >= 0.3 is 12.4 Å². The molecule has 3 aromatic heterocycles. The number of hydrogen-bond donors (Lipinski definition) is 2. The van der Waals surface area contributed by atoms with Crippen molar-refractivity contribution >= 4 is 23.1 Å². The van der Waals surface area contributed by atoms with E-state index < -0.39 is 29.0 Å². The van der Waals surface area contributed by atoms with Gasteiger partial charge in [-0.3, -0.25) is 4.79 Å². The predicted octanol–water partition coefficient (Wildman–Crippen LogP) is 4.24. The van der Waals surface area contributed by atoms with Crippen LogP contribution in [0.25, 0.3) is 5.82 Å². The number of pyridine rings is 2. The molecule has 7 nitrogen and oxygen atoms in total. The van der Waals surface area contributed by atoms with Crippen LogP contribution in [0, 0.1) is 0 Å². The highest BCUT2D eigenvalue weighted by molar-refractivity contribution is 6.32. The van der Waals surface area contributed by atoms with E-state index in [4.69, 9.17) is 11.6 Å². The SMILES string of the molecule is O=c1c(Cl)c(NCCNc2ncccc2C(F)(F)F)cnn1-c1ccc(C(F)(F)F)cn1. The molecule has 0 radical (unpaired) electrons. The van der Waals surface area contributed by atoms with E-state index in [1.165, 1.54) is 6.20 Å². The molecule has 2 N–H and O–H groups in total. The molecule has 0 bridgehead atoms. The summed E-state index contributed by atoms with van der Waals surface area (Å²) in [7, 11) is 0. The Kier molecular flexibility index (Phi) is 6.57. The van der Waals surface area contributed by atoms with Gasteiger partial charge in [0.1, 0.15) is 10.8 Å². The van der Waals surface area contributed by atoms with E-state index >= 15 is 0 Å². The Balaban J connectivity index is 1.67. The van der Waals surface area contributed by atoms with E-state index in [2.05, 4.69) is 25.7 Å². The zero-order valence-electron chi connectivity index (χ0n) is 15.8. The summed E-state index contributed by atoms with van der Waals surface area (Å²) in [4.78, 5) is 19.6. The van der Waals surface area contributed by atoms with Crippen molar-refractivity contribution in [2.75, 3.05) is 23.7 Å². The lowest BCUT2D eigenvalue weighted by atomic mass is 10.2. The van der Waals surface area contributed by atoms with E-state index in [1.54, 1.807) is 0 Å². The summed E-state index contributed by atoms with van der Waals surface area (Å²) < 4.78 is 77.5. The monoisotopic (exact) mass is 478 g/mol. The van der Waals surface area contributed by atoms with Gasteiger partial charge in [-0.25, -0.2) is 9.97 Å². The Hall–Kier alpha value is -3.35. The first-order chi connectivity index (χ1) is 15.0. The van der Waals surface area contributed by atoms with Crippen molar-refractivity contribution in [3.8, 4) is 5.82 Å². The van der Waals surface area contributed by atoms with Gasteiger partial charge in [0.15, 0.2) is 5.82 Å². The van der Waals surface area contributed by atoms with Gasteiger partial charge in [-0.05, 0) is 24.3 Å². The Morgan fingerprint density at radius 3 is 2.28 bits per heavy atom. The van der Waals surface area contributed by atoms with Crippen LogP contribution in [0.4, 0.5) is 37.8 Å². The van der Waals surface area contributed by atoms with Gasteiger partial charge in [-0.15, -0.1) is 0 Å². The maximum absolute atomic E-state index is 13.0. The highest BCUT2D eigenvalue weighted by Gasteiger charge is 2.34. The first-order valence-electron chi connectivity index (χ1n) is 8.80. The van der Waals surface area contributed by atoms with Crippen LogP contribution in [0.1, 0.15) is 11.1 Å². The Labute approximate surface area is 181 Å². The highest BCUT2D eigenvalue weighted by Crippen LogP contribution is 2.33. The van der Waals surface area contributed by atoms with Crippen molar-refractivity contribution < 1.29 is 26.3 Å². The minimum atomic E-state index is -4.58. The fourth-order valence-electron chi connectivity index (χ4n) is 2.55. The van der Waals surface area contributed by atoms with Crippen molar-refractivity contribution in [3.63, 3.8) is 0 Å². The molecular weight excluding hydrogens is 466 g/mol. The molecule has 170 valence electrons. The third-order valence-corrected chi connectivity index (χ3v) is 4.42. The molecule has 0 spiro atoms. The summed E-state index contributed by atoms with van der Waals surface area (Å²) in [5.74, 6) is -0.525. The zero-order valence-corrected chi connectivity index (χ0v) is 16.6. The van der Waals surface area contributed by atoms with E-state index in [-0.39, 0.29) is 35.4 Å². The van der Waals surface area contributed by atoms with Crippen LogP contribution in [0.15, 0.2) is 47.7 Å². The minimum Gasteiger partial charge on any atom is -0.381 e. The van der Waals surface area contributed by atoms with Crippen molar-refractivity contribution in [2.24, 2.45) is 0 Å². The number of aromatic nitrogens is 4. The summed E-state index contributed by atoms with van der Waals surface area (Å²) in [6.45, 7) is 0.0528.